The number of allylic oxidation sites excluding steroid dienone is 1. The standard InChI is InChI=1S/C16H22O4/c1-9-5-7-12-11(3)16(18)20-15(12)14(9)10(2)6-8-13(17)19-4/h6,11-12,15H,5,7-8H2,1-4H3. The molecule has 2 aliphatic rings. The van der Waals surface area contributed by atoms with Crippen molar-refractivity contribution in [3.63, 3.8) is 0 Å². The molecule has 3 unspecified atom stereocenters. The van der Waals surface area contributed by atoms with Crippen LogP contribution < -0.4 is 0 Å². The molecule has 2 rings (SSSR count). The van der Waals surface area contributed by atoms with E-state index >= 15 is 0 Å². The Kier molecular flexibility index (Phi) is 4.31. The summed E-state index contributed by atoms with van der Waals surface area (Å²) in [7, 11) is 1.38. The van der Waals surface area contributed by atoms with E-state index in [9.17, 15) is 9.59 Å². The Hall–Kier alpha value is -1.58. The average Bonchev–Trinajstić information content (AvgIpc) is 2.71. The number of esters is 2. The minimum atomic E-state index is -0.258. The van der Waals surface area contributed by atoms with Crippen LogP contribution in [-0.2, 0) is 19.1 Å². The number of ether oxygens (including phenoxy) is 2. The van der Waals surface area contributed by atoms with Gasteiger partial charge in [-0.05, 0) is 37.8 Å². The van der Waals surface area contributed by atoms with Crippen LogP contribution in [0.4, 0.5) is 0 Å². The zero-order valence-electron chi connectivity index (χ0n) is 12.6. The molecule has 1 fully saturated rings. The lowest BCUT2D eigenvalue weighted by Gasteiger charge is -2.29. The van der Waals surface area contributed by atoms with Gasteiger partial charge in [-0.25, -0.2) is 0 Å². The summed E-state index contributed by atoms with van der Waals surface area (Å²) in [4.78, 5) is 23.0. The van der Waals surface area contributed by atoms with Gasteiger partial charge in [-0.15, -0.1) is 0 Å². The lowest BCUT2D eigenvalue weighted by Crippen LogP contribution is -2.27. The summed E-state index contributed by atoms with van der Waals surface area (Å²) >= 11 is 0. The molecule has 0 N–H and O–H groups in total. The lowest BCUT2D eigenvalue weighted by molar-refractivity contribution is -0.143. The van der Waals surface area contributed by atoms with Crippen LogP contribution in [0.5, 0.6) is 0 Å². The van der Waals surface area contributed by atoms with Gasteiger partial charge in [-0.2, -0.15) is 0 Å². The van der Waals surface area contributed by atoms with E-state index < -0.39 is 0 Å². The molecular weight excluding hydrogens is 256 g/mol. The van der Waals surface area contributed by atoms with E-state index in [1.54, 1.807) is 0 Å². The van der Waals surface area contributed by atoms with E-state index in [1.807, 2.05) is 19.9 Å². The summed E-state index contributed by atoms with van der Waals surface area (Å²) in [6.07, 6.45) is 3.96. The van der Waals surface area contributed by atoms with Crippen LogP contribution in [0.15, 0.2) is 22.8 Å². The first-order valence-electron chi connectivity index (χ1n) is 7.09. The van der Waals surface area contributed by atoms with Crippen molar-refractivity contribution in [3.05, 3.63) is 22.8 Å². The van der Waals surface area contributed by atoms with Crippen LogP contribution in [0, 0.1) is 11.8 Å². The third-order valence-electron chi connectivity index (χ3n) is 4.47. The zero-order valence-corrected chi connectivity index (χ0v) is 12.6. The molecule has 1 heterocycles. The Bertz CT molecular complexity index is 487. The Morgan fingerprint density at radius 2 is 2.20 bits per heavy atom. The van der Waals surface area contributed by atoms with Crippen LogP contribution in [0.3, 0.4) is 0 Å². The first-order valence-corrected chi connectivity index (χ1v) is 7.09. The maximum absolute atomic E-state index is 11.8. The summed E-state index contributed by atoms with van der Waals surface area (Å²) in [5.41, 5.74) is 3.37. The third kappa shape index (κ3) is 2.65. The van der Waals surface area contributed by atoms with Crippen molar-refractivity contribution in [3.8, 4) is 0 Å². The van der Waals surface area contributed by atoms with Gasteiger partial charge in [0, 0.05) is 5.92 Å². The molecule has 0 amide bonds. The van der Waals surface area contributed by atoms with Gasteiger partial charge in [0.05, 0.1) is 19.4 Å². The Balaban J connectivity index is 2.24. The van der Waals surface area contributed by atoms with E-state index in [0.717, 1.165) is 24.0 Å². The zero-order chi connectivity index (χ0) is 14.9. The van der Waals surface area contributed by atoms with Crippen LogP contribution in [0.1, 0.15) is 40.0 Å². The highest BCUT2D eigenvalue weighted by Crippen LogP contribution is 2.43. The van der Waals surface area contributed by atoms with Crippen molar-refractivity contribution in [2.75, 3.05) is 7.11 Å². The molecule has 0 bridgehead atoms. The highest BCUT2D eigenvalue weighted by molar-refractivity contribution is 5.76. The quantitative estimate of drug-likeness (QED) is 0.745. The predicted octanol–water partition coefficient (Wildman–Crippen LogP) is 2.78. The monoisotopic (exact) mass is 278 g/mol. The minimum absolute atomic E-state index is 0.0310. The molecule has 1 aliphatic carbocycles. The van der Waals surface area contributed by atoms with Crippen LogP contribution in [-0.4, -0.2) is 25.2 Å². The molecule has 1 aliphatic heterocycles. The molecular formula is C16H22O4. The number of fused-ring (bicyclic) bond motifs is 1. The number of rotatable bonds is 3. The molecule has 4 heteroatoms. The average molecular weight is 278 g/mol. The van der Waals surface area contributed by atoms with Gasteiger partial charge in [0.1, 0.15) is 6.10 Å². The molecule has 4 nitrogen and oxygen atoms in total. The Morgan fingerprint density at radius 3 is 2.85 bits per heavy atom. The predicted molar refractivity (Wildman–Crippen MR) is 74.9 cm³/mol. The maximum Gasteiger partial charge on any atom is 0.309 e. The van der Waals surface area contributed by atoms with Gasteiger partial charge in [0.15, 0.2) is 0 Å². The Labute approximate surface area is 119 Å². The highest BCUT2D eigenvalue weighted by Gasteiger charge is 2.45. The summed E-state index contributed by atoms with van der Waals surface area (Å²) in [5.74, 6) is -0.126. The molecule has 0 radical (unpaired) electrons. The second-order valence-electron chi connectivity index (χ2n) is 5.71. The van der Waals surface area contributed by atoms with Gasteiger partial charge < -0.3 is 9.47 Å². The molecule has 1 saturated heterocycles. The van der Waals surface area contributed by atoms with Crippen molar-refractivity contribution in [2.24, 2.45) is 11.8 Å². The number of carbonyl (C=O) groups excluding carboxylic acids is 2. The van der Waals surface area contributed by atoms with E-state index in [4.69, 9.17) is 4.74 Å². The van der Waals surface area contributed by atoms with Crippen LogP contribution in [0.25, 0.3) is 0 Å². The van der Waals surface area contributed by atoms with Gasteiger partial charge in [0.2, 0.25) is 0 Å². The summed E-state index contributed by atoms with van der Waals surface area (Å²) in [6.45, 7) is 6.00. The second-order valence-corrected chi connectivity index (χ2v) is 5.71. The van der Waals surface area contributed by atoms with Crippen molar-refractivity contribution in [1.82, 2.24) is 0 Å². The van der Waals surface area contributed by atoms with Crippen molar-refractivity contribution in [2.45, 2.75) is 46.1 Å². The maximum atomic E-state index is 11.8. The largest absolute Gasteiger partial charge is 0.469 e. The third-order valence-corrected chi connectivity index (χ3v) is 4.47. The molecule has 0 aromatic carbocycles. The fourth-order valence-electron chi connectivity index (χ4n) is 3.18. The van der Waals surface area contributed by atoms with Gasteiger partial charge in [-0.1, -0.05) is 18.6 Å². The summed E-state index contributed by atoms with van der Waals surface area (Å²) in [5, 5.41) is 0. The number of hydrogen-bond acceptors (Lipinski definition) is 4. The summed E-state index contributed by atoms with van der Waals surface area (Å²) < 4.78 is 10.2. The SMILES string of the molecule is COC(=O)CC=C(C)C1=C(C)CCC2C(C)C(=O)OC12. The lowest BCUT2D eigenvalue weighted by atomic mass is 9.75. The molecule has 0 aromatic rings. The number of hydrogen-bond donors (Lipinski definition) is 0. The van der Waals surface area contributed by atoms with Crippen molar-refractivity contribution < 1.29 is 19.1 Å². The first-order chi connectivity index (χ1) is 9.45. The fourth-order valence-corrected chi connectivity index (χ4v) is 3.18. The smallest absolute Gasteiger partial charge is 0.309 e. The second kappa shape index (κ2) is 5.81. The molecule has 110 valence electrons. The van der Waals surface area contributed by atoms with Gasteiger partial charge >= 0.3 is 11.9 Å². The van der Waals surface area contributed by atoms with Crippen LogP contribution >= 0.6 is 0 Å². The number of carbonyl (C=O) groups is 2. The van der Waals surface area contributed by atoms with Crippen molar-refractivity contribution in [1.29, 1.82) is 0 Å². The number of methoxy groups -OCH3 is 1. The van der Waals surface area contributed by atoms with Gasteiger partial charge in [-0.3, -0.25) is 9.59 Å². The summed E-state index contributed by atoms with van der Waals surface area (Å²) in [6, 6.07) is 0. The fraction of sp³-hybridized carbons (Fsp3) is 0.625. The highest BCUT2D eigenvalue weighted by atomic mass is 16.6. The van der Waals surface area contributed by atoms with E-state index in [1.165, 1.54) is 12.7 Å². The van der Waals surface area contributed by atoms with Crippen LogP contribution in [0.2, 0.25) is 0 Å². The topological polar surface area (TPSA) is 52.6 Å². The molecule has 20 heavy (non-hydrogen) atoms. The van der Waals surface area contributed by atoms with Crippen molar-refractivity contribution >= 4 is 11.9 Å². The molecule has 0 spiro atoms. The first kappa shape index (κ1) is 14.8. The Morgan fingerprint density at radius 1 is 1.50 bits per heavy atom. The van der Waals surface area contributed by atoms with E-state index in [0.29, 0.717) is 0 Å². The van der Waals surface area contributed by atoms with E-state index in [-0.39, 0.29) is 36.3 Å². The minimum Gasteiger partial charge on any atom is -0.469 e. The molecule has 0 saturated carbocycles. The van der Waals surface area contributed by atoms with Gasteiger partial charge in [0.25, 0.3) is 0 Å². The normalized spacial score (nSPS) is 30.1. The molecule has 3 atom stereocenters. The molecule has 0 aromatic heterocycles. The van der Waals surface area contributed by atoms with E-state index in [2.05, 4.69) is 11.7 Å².